The van der Waals surface area contributed by atoms with E-state index in [4.69, 9.17) is 14.2 Å². The Bertz CT molecular complexity index is 1640. The molecular weight excluding hydrogens is 973 g/mol. The summed E-state index contributed by atoms with van der Waals surface area (Å²) in [5.74, 6) is -0.931. The normalized spacial score (nSPS) is 12.9. The first-order valence-corrected chi connectivity index (χ1v) is 33.0. The highest BCUT2D eigenvalue weighted by Gasteiger charge is 2.19. The number of hydrogen-bond acceptors (Lipinski definition) is 6. The lowest BCUT2D eigenvalue weighted by Crippen LogP contribution is -2.30. The molecule has 0 rings (SSSR count). The molecule has 0 saturated carbocycles. The van der Waals surface area contributed by atoms with Crippen LogP contribution in [0.1, 0.15) is 303 Å². The van der Waals surface area contributed by atoms with Gasteiger partial charge in [0.25, 0.3) is 0 Å². The predicted molar refractivity (Wildman–Crippen MR) is 343 cm³/mol. The largest absolute Gasteiger partial charge is 0.462 e. The Hall–Kier alpha value is -4.19. The smallest absolute Gasteiger partial charge is 0.306 e. The van der Waals surface area contributed by atoms with Gasteiger partial charge in [0.05, 0.1) is 0 Å². The molecular formula is C73H122O6. The highest BCUT2D eigenvalue weighted by atomic mass is 16.6. The molecule has 0 radical (unpaired) electrons. The number of unbranched alkanes of at least 4 members (excludes halogenated alkanes) is 28. The van der Waals surface area contributed by atoms with E-state index in [-0.39, 0.29) is 31.1 Å². The van der Waals surface area contributed by atoms with Crippen molar-refractivity contribution in [3.8, 4) is 0 Å². The summed E-state index contributed by atoms with van der Waals surface area (Å²) in [4.78, 5) is 38.3. The second kappa shape index (κ2) is 66.3. The average molecular weight is 1100 g/mol. The number of rotatable bonds is 59. The molecule has 0 aromatic rings. The standard InChI is InChI=1S/C73H122O6/c1-4-7-10-13-16-19-22-25-28-30-31-32-33-34-35-36-37-38-39-40-41-43-45-48-51-54-57-60-63-66-72(75)78-69-70(68-77-71(74)65-62-59-56-53-50-47-44-27-24-21-18-15-12-9-6-3)79-73(76)67-64-61-58-55-52-49-46-42-29-26-23-20-17-14-11-8-5-2/h7,9-10,12,16,18-19,21,25,27-28,31-32,34-35,37-38,44,50,53,70H,4-6,8,11,13-15,17,20,22-24,26,29-30,33,36,39-43,45-49,51-52,54-69H2,1-3H3/b10-7-,12-9-,19-16-,21-18-,28-25-,32-31-,35-34-,38-37-,44-27-,53-50-. The number of allylic oxidation sites excluding steroid dienone is 20. The van der Waals surface area contributed by atoms with Crippen molar-refractivity contribution in [3.05, 3.63) is 122 Å². The van der Waals surface area contributed by atoms with Crippen LogP contribution in [0.3, 0.4) is 0 Å². The fourth-order valence-corrected chi connectivity index (χ4v) is 9.09. The van der Waals surface area contributed by atoms with Gasteiger partial charge in [-0.15, -0.1) is 0 Å². The Morgan fingerprint density at radius 1 is 0.266 bits per heavy atom. The van der Waals surface area contributed by atoms with Crippen molar-refractivity contribution >= 4 is 17.9 Å². The number of carbonyl (C=O) groups is 3. The zero-order chi connectivity index (χ0) is 57.1. The minimum Gasteiger partial charge on any atom is -0.462 e. The van der Waals surface area contributed by atoms with E-state index in [1.807, 2.05) is 0 Å². The lowest BCUT2D eigenvalue weighted by Gasteiger charge is -2.18. The van der Waals surface area contributed by atoms with E-state index in [1.165, 1.54) is 141 Å². The molecule has 6 heteroatoms. The monoisotopic (exact) mass is 1090 g/mol. The van der Waals surface area contributed by atoms with Crippen molar-refractivity contribution in [2.45, 2.75) is 309 Å². The molecule has 1 atom stereocenters. The van der Waals surface area contributed by atoms with E-state index in [0.29, 0.717) is 19.3 Å². The SMILES string of the molecule is CC/C=C\C/C=C\C/C=C\C/C=C\C/C=C\C/C=C\CCCCCCCCCCCCC(=O)OCC(COC(=O)CCCC/C=C\C/C=C\C/C=C\C/C=C\CC)OC(=O)CCCCCCCCCCCCCCCCCCC. The second-order valence-electron chi connectivity index (χ2n) is 21.6. The summed E-state index contributed by atoms with van der Waals surface area (Å²) in [6.45, 7) is 6.40. The Kier molecular flexibility index (Phi) is 62.8. The molecule has 0 saturated heterocycles. The zero-order valence-corrected chi connectivity index (χ0v) is 51.6. The molecule has 0 bridgehead atoms. The number of hydrogen-bond donors (Lipinski definition) is 0. The highest BCUT2D eigenvalue weighted by molar-refractivity contribution is 5.71. The number of esters is 3. The quantitative estimate of drug-likeness (QED) is 0.0261. The summed E-state index contributed by atoms with van der Waals surface area (Å²) in [6, 6.07) is 0. The Morgan fingerprint density at radius 3 is 0.797 bits per heavy atom. The predicted octanol–water partition coefficient (Wildman–Crippen LogP) is 22.8. The van der Waals surface area contributed by atoms with Gasteiger partial charge in [0.15, 0.2) is 6.10 Å². The van der Waals surface area contributed by atoms with E-state index in [9.17, 15) is 14.4 Å². The van der Waals surface area contributed by atoms with Crippen LogP contribution in [0.25, 0.3) is 0 Å². The van der Waals surface area contributed by atoms with E-state index >= 15 is 0 Å². The Labute approximate surface area is 488 Å². The Morgan fingerprint density at radius 2 is 0.494 bits per heavy atom. The maximum absolute atomic E-state index is 12.9. The zero-order valence-electron chi connectivity index (χ0n) is 51.6. The molecule has 0 spiro atoms. The summed E-state index contributed by atoms with van der Waals surface area (Å²) in [5.41, 5.74) is 0. The van der Waals surface area contributed by atoms with Gasteiger partial charge in [-0.2, -0.15) is 0 Å². The lowest BCUT2D eigenvalue weighted by molar-refractivity contribution is -0.167. The third kappa shape index (κ3) is 64.5. The van der Waals surface area contributed by atoms with Crippen LogP contribution in [0.2, 0.25) is 0 Å². The van der Waals surface area contributed by atoms with Crippen molar-refractivity contribution in [1.29, 1.82) is 0 Å². The fraction of sp³-hybridized carbons (Fsp3) is 0.685. The summed E-state index contributed by atoms with van der Waals surface area (Å²) in [6.07, 6.45) is 92.1. The van der Waals surface area contributed by atoms with Gasteiger partial charge in [0.2, 0.25) is 0 Å². The first-order valence-electron chi connectivity index (χ1n) is 33.0. The van der Waals surface area contributed by atoms with Crippen LogP contribution in [-0.4, -0.2) is 37.2 Å². The third-order valence-corrected chi connectivity index (χ3v) is 14.0. The summed E-state index contributed by atoms with van der Waals surface area (Å²) >= 11 is 0. The molecule has 0 N–H and O–H groups in total. The van der Waals surface area contributed by atoms with Gasteiger partial charge in [-0.1, -0.05) is 296 Å². The molecule has 0 aliphatic carbocycles. The van der Waals surface area contributed by atoms with Crippen molar-refractivity contribution < 1.29 is 28.6 Å². The number of carbonyl (C=O) groups excluding carboxylic acids is 3. The molecule has 79 heavy (non-hydrogen) atoms. The van der Waals surface area contributed by atoms with Gasteiger partial charge in [0, 0.05) is 19.3 Å². The molecule has 0 fully saturated rings. The van der Waals surface area contributed by atoms with Gasteiger partial charge < -0.3 is 14.2 Å². The summed E-state index contributed by atoms with van der Waals surface area (Å²) in [5, 5.41) is 0. The topological polar surface area (TPSA) is 78.9 Å². The van der Waals surface area contributed by atoms with Crippen molar-refractivity contribution in [2.75, 3.05) is 13.2 Å². The summed E-state index contributed by atoms with van der Waals surface area (Å²) in [7, 11) is 0. The fourth-order valence-electron chi connectivity index (χ4n) is 9.09. The highest BCUT2D eigenvalue weighted by Crippen LogP contribution is 2.16. The van der Waals surface area contributed by atoms with Gasteiger partial charge in [-0.25, -0.2) is 0 Å². The molecule has 0 heterocycles. The first kappa shape index (κ1) is 74.8. The van der Waals surface area contributed by atoms with Gasteiger partial charge >= 0.3 is 17.9 Å². The lowest BCUT2D eigenvalue weighted by atomic mass is 10.0. The van der Waals surface area contributed by atoms with E-state index < -0.39 is 6.10 Å². The van der Waals surface area contributed by atoms with Crippen LogP contribution in [0.5, 0.6) is 0 Å². The summed E-state index contributed by atoms with van der Waals surface area (Å²) < 4.78 is 16.9. The average Bonchev–Trinajstić information content (AvgIpc) is 3.45. The van der Waals surface area contributed by atoms with E-state index in [2.05, 4.69) is 142 Å². The third-order valence-electron chi connectivity index (χ3n) is 14.0. The molecule has 0 aliphatic rings. The van der Waals surface area contributed by atoms with Crippen molar-refractivity contribution in [2.24, 2.45) is 0 Å². The van der Waals surface area contributed by atoms with Crippen LogP contribution in [-0.2, 0) is 28.6 Å². The molecule has 0 aliphatic heterocycles. The van der Waals surface area contributed by atoms with E-state index in [1.54, 1.807) is 0 Å². The molecule has 0 amide bonds. The van der Waals surface area contributed by atoms with Gasteiger partial charge in [-0.05, 0) is 109 Å². The molecule has 6 nitrogen and oxygen atoms in total. The molecule has 0 aromatic heterocycles. The molecule has 1 unspecified atom stereocenters. The molecule has 0 aromatic carbocycles. The van der Waals surface area contributed by atoms with Crippen LogP contribution < -0.4 is 0 Å². The van der Waals surface area contributed by atoms with Gasteiger partial charge in [-0.3, -0.25) is 14.4 Å². The van der Waals surface area contributed by atoms with Crippen LogP contribution in [0, 0.1) is 0 Å². The molecule has 450 valence electrons. The van der Waals surface area contributed by atoms with Crippen molar-refractivity contribution in [3.63, 3.8) is 0 Å². The van der Waals surface area contributed by atoms with Crippen LogP contribution in [0.4, 0.5) is 0 Å². The van der Waals surface area contributed by atoms with E-state index in [0.717, 1.165) is 122 Å². The van der Waals surface area contributed by atoms with Gasteiger partial charge in [0.1, 0.15) is 13.2 Å². The van der Waals surface area contributed by atoms with Crippen molar-refractivity contribution in [1.82, 2.24) is 0 Å². The minimum atomic E-state index is -0.799. The number of ether oxygens (including phenoxy) is 3. The second-order valence-corrected chi connectivity index (χ2v) is 21.6. The minimum absolute atomic E-state index is 0.0931. The van der Waals surface area contributed by atoms with Crippen LogP contribution in [0.15, 0.2) is 122 Å². The first-order chi connectivity index (χ1) is 39.0. The maximum atomic E-state index is 12.9. The van der Waals surface area contributed by atoms with Crippen LogP contribution >= 0.6 is 0 Å². The Balaban J connectivity index is 4.34. The maximum Gasteiger partial charge on any atom is 0.306 e.